The van der Waals surface area contributed by atoms with Crippen LogP contribution in [0.5, 0.6) is 0 Å². The van der Waals surface area contributed by atoms with Gasteiger partial charge in [-0.2, -0.15) is 13.2 Å². The zero-order valence-electron chi connectivity index (χ0n) is 24.4. The van der Waals surface area contributed by atoms with E-state index in [-0.39, 0.29) is 30.4 Å². The number of Topliss-reactive ketones (excluding diaryl/α,β-unsaturated/α-hetero) is 1. The number of nitrogens with two attached hydrogens (primary N) is 1. The zero-order valence-corrected chi connectivity index (χ0v) is 24.4. The Morgan fingerprint density at radius 3 is 2.14 bits per heavy atom. The topological polar surface area (TPSA) is 166 Å². The summed E-state index contributed by atoms with van der Waals surface area (Å²) in [7, 11) is 0. The molecule has 2 spiro atoms. The number of carbonyl (C=O) groups excluding carboxylic acids is 5. The molecule has 236 valence electrons. The van der Waals surface area contributed by atoms with Crippen molar-refractivity contribution in [1.29, 1.82) is 0 Å². The number of fused-ring (bicyclic) bond motifs is 1. The molecule has 1 aliphatic carbocycles. The standard InChI is InChI=1S/C27H39F3N4O8/c1-23(2,3)18(33-22(39)42-14-6-7-40-10-14)21(38)34-11-25(24(4,5)26(25)12-41-13-26)9-16(34)20(37)32-15(8-27(28,29)30)17(35)19(31)36/h14-16,18H,6-13H2,1-5H3,(H2,31,36)(H,32,37)(H,33,39)/t14?,15?,16-,18+,25+/m0/s1. The lowest BCUT2D eigenvalue weighted by molar-refractivity contribution is -0.154. The van der Waals surface area contributed by atoms with Crippen LogP contribution in [0.4, 0.5) is 18.0 Å². The number of ether oxygens (including phenoxy) is 3. The summed E-state index contributed by atoms with van der Waals surface area (Å²) in [6.07, 6.45) is -7.44. The van der Waals surface area contributed by atoms with Crippen molar-refractivity contribution in [2.75, 3.05) is 33.0 Å². The average Bonchev–Trinajstić information content (AvgIpc) is 3.28. The second-order valence-electron chi connectivity index (χ2n) is 13.4. The van der Waals surface area contributed by atoms with Crippen LogP contribution in [0.2, 0.25) is 0 Å². The second kappa shape index (κ2) is 10.6. The van der Waals surface area contributed by atoms with E-state index in [0.29, 0.717) is 26.2 Å². The van der Waals surface area contributed by atoms with Gasteiger partial charge in [-0.05, 0) is 17.3 Å². The number of rotatable bonds is 8. The third-order valence-corrected chi connectivity index (χ3v) is 9.74. The molecular formula is C27H39F3N4O8. The molecule has 42 heavy (non-hydrogen) atoms. The van der Waals surface area contributed by atoms with Crippen molar-refractivity contribution in [3.05, 3.63) is 0 Å². The highest BCUT2D eigenvalue weighted by molar-refractivity contribution is 6.37. The Balaban J connectivity index is 1.63. The smallest absolute Gasteiger partial charge is 0.408 e. The van der Waals surface area contributed by atoms with Crippen LogP contribution in [-0.4, -0.2) is 97.9 Å². The lowest BCUT2D eigenvalue weighted by Gasteiger charge is -2.36. The second-order valence-corrected chi connectivity index (χ2v) is 13.4. The number of nitrogens with zero attached hydrogens (tertiary/aromatic N) is 1. The summed E-state index contributed by atoms with van der Waals surface area (Å²) in [5.74, 6) is -4.89. The fraction of sp³-hybridized carbons (Fsp3) is 0.815. The summed E-state index contributed by atoms with van der Waals surface area (Å²) in [6.45, 7) is 10.6. The molecule has 0 aromatic carbocycles. The van der Waals surface area contributed by atoms with E-state index in [0.717, 1.165) is 0 Å². The van der Waals surface area contributed by atoms with Crippen molar-refractivity contribution in [3.63, 3.8) is 0 Å². The molecule has 0 aromatic rings. The number of alkyl halides is 3. The number of nitrogens with one attached hydrogen (secondary N) is 2. The van der Waals surface area contributed by atoms with Gasteiger partial charge in [-0.1, -0.05) is 34.6 Å². The third kappa shape index (κ3) is 5.45. The number of ketones is 1. The molecule has 15 heteroatoms. The average molecular weight is 605 g/mol. The predicted octanol–water partition coefficient (Wildman–Crippen LogP) is 1.05. The van der Waals surface area contributed by atoms with E-state index >= 15 is 0 Å². The largest absolute Gasteiger partial charge is 0.444 e. The Labute approximate surface area is 241 Å². The Morgan fingerprint density at radius 2 is 1.69 bits per heavy atom. The molecule has 4 N–H and O–H groups in total. The third-order valence-electron chi connectivity index (χ3n) is 9.74. The van der Waals surface area contributed by atoms with Gasteiger partial charge in [-0.25, -0.2) is 4.79 Å². The fourth-order valence-corrected chi connectivity index (χ4v) is 6.98. The van der Waals surface area contributed by atoms with Gasteiger partial charge in [0.1, 0.15) is 24.2 Å². The van der Waals surface area contributed by atoms with Gasteiger partial charge in [0.25, 0.3) is 5.91 Å². The predicted molar refractivity (Wildman–Crippen MR) is 138 cm³/mol. The van der Waals surface area contributed by atoms with Gasteiger partial charge in [-0.15, -0.1) is 0 Å². The first-order chi connectivity index (χ1) is 19.3. The Bertz CT molecular complexity index is 1140. The number of hydrogen-bond acceptors (Lipinski definition) is 8. The lowest BCUT2D eigenvalue weighted by Crippen LogP contribution is -2.59. The summed E-state index contributed by atoms with van der Waals surface area (Å²) in [5.41, 5.74) is 2.75. The van der Waals surface area contributed by atoms with E-state index in [1.165, 1.54) is 4.90 Å². The van der Waals surface area contributed by atoms with Crippen LogP contribution in [0.15, 0.2) is 0 Å². The van der Waals surface area contributed by atoms with Gasteiger partial charge in [0.15, 0.2) is 0 Å². The first kappa shape index (κ1) is 32.0. The molecule has 3 saturated heterocycles. The van der Waals surface area contributed by atoms with E-state index in [1.807, 2.05) is 19.2 Å². The molecule has 3 heterocycles. The number of primary amides is 1. The van der Waals surface area contributed by atoms with Crippen molar-refractivity contribution in [2.45, 2.75) is 84.3 Å². The molecule has 4 aliphatic rings. The number of alkyl carbamates (subject to hydrolysis) is 1. The Morgan fingerprint density at radius 1 is 1.05 bits per heavy atom. The summed E-state index contributed by atoms with van der Waals surface area (Å²) in [6, 6.07) is -4.72. The molecule has 2 unspecified atom stereocenters. The van der Waals surface area contributed by atoms with E-state index in [2.05, 4.69) is 5.32 Å². The molecule has 0 bridgehead atoms. The van der Waals surface area contributed by atoms with Crippen LogP contribution in [0, 0.1) is 21.7 Å². The van der Waals surface area contributed by atoms with E-state index in [9.17, 15) is 37.1 Å². The minimum absolute atomic E-state index is 0.0771. The molecule has 12 nitrogen and oxygen atoms in total. The molecular weight excluding hydrogens is 565 g/mol. The number of amides is 4. The Hall–Kier alpha value is -2.94. The highest BCUT2D eigenvalue weighted by atomic mass is 19.4. The highest BCUT2D eigenvalue weighted by Crippen LogP contribution is 2.84. The van der Waals surface area contributed by atoms with Crippen LogP contribution in [0.3, 0.4) is 0 Å². The van der Waals surface area contributed by atoms with Crippen molar-refractivity contribution in [3.8, 4) is 0 Å². The maximum absolute atomic E-state index is 14.2. The highest BCUT2D eigenvalue weighted by Gasteiger charge is 2.86. The van der Waals surface area contributed by atoms with Crippen LogP contribution in [0.25, 0.3) is 0 Å². The SMILES string of the molecule is CC(C)(C)[C@H](NC(=O)OC1CCOC1)C(=O)N1C[C@]2(C[C@H]1C(=O)NC(CC(F)(F)F)C(=O)C(N)=O)C(C)(C)C21COC1. The normalized spacial score (nSPS) is 29.0. The van der Waals surface area contributed by atoms with Crippen molar-refractivity contribution < 1.29 is 51.4 Å². The van der Waals surface area contributed by atoms with Crippen LogP contribution in [0.1, 0.15) is 53.9 Å². The van der Waals surface area contributed by atoms with Crippen molar-refractivity contribution in [2.24, 2.45) is 27.4 Å². The Kier molecular flexibility index (Phi) is 8.11. The van der Waals surface area contributed by atoms with Gasteiger partial charge in [0, 0.05) is 23.8 Å². The molecule has 0 radical (unpaired) electrons. The molecule has 4 amide bonds. The fourth-order valence-electron chi connectivity index (χ4n) is 6.98. The molecule has 5 atom stereocenters. The maximum atomic E-state index is 14.2. The van der Waals surface area contributed by atoms with Crippen LogP contribution < -0.4 is 16.4 Å². The number of carbonyl (C=O) groups is 5. The lowest BCUT2D eigenvalue weighted by atomic mass is 9.85. The molecule has 0 aromatic heterocycles. The van der Waals surface area contributed by atoms with Gasteiger partial charge in [-0.3, -0.25) is 19.2 Å². The summed E-state index contributed by atoms with van der Waals surface area (Å²) in [5, 5.41) is 4.66. The zero-order chi connectivity index (χ0) is 31.5. The number of halogens is 3. The van der Waals surface area contributed by atoms with E-state index < -0.39 is 77.3 Å². The number of hydrogen-bond donors (Lipinski definition) is 3. The molecule has 4 fully saturated rings. The van der Waals surface area contributed by atoms with Crippen LogP contribution in [-0.2, 0) is 33.4 Å². The van der Waals surface area contributed by atoms with Gasteiger partial charge < -0.3 is 35.5 Å². The van der Waals surface area contributed by atoms with Gasteiger partial charge in [0.2, 0.25) is 17.6 Å². The summed E-state index contributed by atoms with van der Waals surface area (Å²) in [4.78, 5) is 65.5. The quantitative estimate of drug-likeness (QED) is 0.346. The van der Waals surface area contributed by atoms with E-state index in [4.69, 9.17) is 19.9 Å². The summed E-state index contributed by atoms with van der Waals surface area (Å²) < 4.78 is 55.9. The van der Waals surface area contributed by atoms with E-state index in [1.54, 1.807) is 20.8 Å². The molecule has 3 aliphatic heterocycles. The molecule has 4 rings (SSSR count). The monoisotopic (exact) mass is 604 g/mol. The van der Waals surface area contributed by atoms with Crippen LogP contribution >= 0.6 is 0 Å². The number of likely N-dealkylation sites (tertiary alicyclic amines) is 1. The molecule has 1 saturated carbocycles. The maximum Gasteiger partial charge on any atom is 0.408 e. The van der Waals surface area contributed by atoms with Crippen molar-refractivity contribution in [1.82, 2.24) is 15.5 Å². The first-order valence-electron chi connectivity index (χ1n) is 13.9. The minimum atomic E-state index is -4.90. The summed E-state index contributed by atoms with van der Waals surface area (Å²) >= 11 is 0. The van der Waals surface area contributed by atoms with Gasteiger partial charge in [0.05, 0.1) is 32.8 Å². The first-order valence-corrected chi connectivity index (χ1v) is 13.9. The van der Waals surface area contributed by atoms with Gasteiger partial charge >= 0.3 is 12.3 Å². The van der Waals surface area contributed by atoms with Crippen molar-refractivity contribution >= 4 is 29.6 Å². The minimum Gasteiger partial charge on any atom is -0.444 e.